The molecule has 18 heavy (non-hydrogen) atoms. The summed E-state index contributed by atoms with van der Waals surface area (Å²) in [6.45, 7) is 5.65. The lowest BCUT2D eigenvalue weighted by atomic mass is 9.97. The second kappa shape index (κ2) is 5.81. The van der Waals surface area contributed by atoms with E-state index in [2.05, 4.69) is 42.9 Å². The van der Waals surface area contributed by atoms with Crippen LogP contribution in [-0.4, -0.2) is 29.5 Å². The van der Waals surface area contributed by atoms with Crippen LogP contribution in [0.5, 0.6) is 0 Å². The van der Waals surface area contributed by atoms with E-state index in [1.165, 1.54) is 12.0 Å². The van der Waals surface area contributed by atoms with E-state index < -0.39 is 0 Å². The summed E-state index contributed by atoms with van der Waals surface area (Å²) in [5.74, 6) is 1.76. The Morgan fingerprint density at radius 1 is 1.44 bits per heavy atom. The fraction of sp³-hybridized carbons (Fsp3) is 0.667. The molecule has 0 radical (unpaired) electrons. The van der Waals surface area contributed by atoms with Crippen LogP contribution in [0.3, 0.4) is 0 Å². The van der Waals surface area contributed by atoms with Crippen molar-refractivity contribution in [2.45, 2.75) is 38.8 Å². The number of rotatable bonds is 6. The van der Waals surface area contributed by atoms with Gasteiger partial charge in [0.05, 0.1) is 0 Å². The molecule has 1 aliphatic carbocycles. The molecule has 0 aromatic carbocycles. The van der Waals surface area contributed by atoms with Crippen LogP contribution < -0.4 is 5.73 Å². The average Bonchev–Trinajstić information content (AvgIpc) is 3.06. The lowest BCUT2D eigenvalue weighted by Crippen LogP contribution is -2.39. The minimum atomic E-state index is 0.187. The highest BCUT2D eigenvalue weighted by Crippen LogP contribution is 2.39. The third-order valence-corrected chi connectivity index (χ3v) is 4.20. The molecule has 1 aromatic heterocycles. The van der Waals surface area contributed by atoms with Crippen molar-refractivity contribution in [1.29, 1.82) is 0 Å². The van der Waals surface area contributed by atoms with Gasteiger partial charge >= 0.3 is 0 Å². The monoisotopic (exact) mass is 247 g/mol. The van der Waals surface area contributed by atoms with Crippen LogP contribution in [0.25, 0.3) is 0 Å². The Kier molecular flexibility index (Phi) is 4.36. The van der Waals surface area contributed by atoms with Crippen molar-refractivity contribution in [2.24, 2.45) is 17.6 Å². The van der Waals surface area contributed by atoms with Gasteiger partial charge in [-0.3, -0.25) is 9.88 Å². The van der Waals surface area contributed by atoms with Gasteiger partial charge in [-0.15, -0.1) is 0 Å². The smallest absolute Gasteiger partial charge is 0.0497 e. The zero-order valence-electron chi connectivity index (χ0n) is 11.7. The molecule has 0 spiro atoms. The molecule has 1 fully saturated rings. The van der Waals surface area contributed by atoms with Crippen LogP contribution in [0.4, 0.5) is 0 Å². The van der Waals surface area contributed by atoms with E-state index in [0.29, 0.717) is 6.04 Å². The first-order chi connectivity index (χ1) is 8.63. The normalized spacial score (nSPS) is 26.1. The molecule has 0 saturated heterocycles. The molecule has 2 rings (SSSR count). The van der Waals surface area contributed by atoms with Crippen LogP contribution in [0, 0.1) is 11.8 Å². The molecule has 0 aliphatic heterocycles. The largest absolute Gasteiger partial charge is 0.326 e. The molecule has 1 heterocycles. The van der Waals surface area contributed by atoms with Crippen LogP contribution >= 0.6 is 0 Å². The summed E-state index contributed by atoms with van der Waals surface area (Å²) in [6, 6.07) is 4.68. The maximum Gasteiger partial charge on any atom is 0.0497 e. The predicted octanol–water partition coefficient (Wildman–Crippen LogP) is 2.45. The second-order valence-corrected chi connectivity index (χ2v) is 5.71. The summed E-state index contributed by atoms with van der Waals surface area (Å²) >= 11 is 0. The minimum absolute atomic E-state index is 0.187. The van der Waals surface area contributed by atoms with Gasteiger partial charge < -0.3 is 5.73 Å². The SMILES string of the molecule is CCC(N)C(c1ccncc1)N(C)CC1CC1C. The van der Waals surface area contributed by atoms with E-state index in [1.54, 1.807) is 0 Å². The average molecular weight is 247 g/mol. The zero-order valence-corrected chi connectivity index (χ0v) is 11.7. The maximum atomic E-state index is 6.32. The molecule has 1 aromatic rings. The summed E-state index contributed by atoms with van der Waals surface area (Å²) in [7, 11) is 2.20. The number of nitrogens with two attached hydrogens (primary N) is 1. The first kappa shape index (κ1) is 13.5. The van der Waals surface area contributed by atoms with Gasteiger partial charge in [0.15, 0.2) is 0 Å². The highest BCUT2D eigenvalue weighted by Gasteiger charge is 2.35. The van der Waals surface area contributed by atoms with Crippen molar-refractivity contribution in [3.63, 3.8) is 0 Å². The third kappa shape index (κ3) is 3.09. The summed E-state index contributed by atoms with van der Waals surface area (Å²) in [5.41, 5.74) is 7.61. The van der Waals surface area contributed by atoms with Gasteiger partial charge in [0.1, 0.15) is 0 Å². The summed E-state index contributed by atoms with van der Waals surface area (Å²) in [6.07, 6.45) is 6.09. The van der Waals surface area contributed by atoms with E-state index >= 15 is 0 Å². The van der Waals surface area contributed by atoms with Crippen molar-refractivity contribution >= 4 is 0 Å². The number of hydrogen-bond acceptors (Lipinski definition) is 3. The molecule has 3 heteroatoms. The number of hydrogen-bond donors (Lipinski definition) is 1. The quantitative estimate of drug-likeness (QED) is 0.839. The molecule has 0 bridgehead atoms. The summed E-state index contributed by atoms with van der Waals surface area (Å²) in [5, 5.41) is 0. The lowest BCUT2D eigenvalue weighted by molar-refractivity contribution is 0.199. The van der Waals surface area contributed by atoms with E-state index in [9.17, 15) is 0 Å². The Labute approximate surface area is 110 Å². The molecule has 3 nitrogen and oxygen atoms in total. The predicted molar refractivity (Wildman–Crippen MR) is 75.1 cm³/mol. The summed E-state index contributed by atoms with van der Waals surface area (Å²) in [4.78, 5) is 6.53. The number of pyridine rings is 1. The topological polar surface area (TPSA) is 42.1 Å². The molecule has 2 N–H and O–H groups in total. The van der Waals surface area contributed by atoms with Crippen molar-refractivity contribution in [3.05, 3.63) is 30.1 Å². The Morgan fingerprint density at radius 3 is 2.56 bits per heavy atom. The van der Waals surface area contributed by atoms with Crippen LogP contribution in [0.1, 0.15) is 38.3 Å². The fourth-order valence-corrected chi connectivity index (χ4v) is 2.75. The van der Waals surface area contributed by atoms with Crippen molar-refractivity contribution in [2.75, 3.05) is 13.6 Å². The van der Waals surface area contributed by atoms with E-state index in [0.717, 1.165) is 24.8 Å². The van der Waals surface area contributed by atoms with Gasteiger partial charge in [0.2, 0.25) is 0 Å². The number of nitrogens with zero attached hydrogens (tertiary/aromatic N) is 2. The van der Waals surface area contributed by atoms with Gasteiger partial charge in [-0.1, -0.05) is 13.8 Å². The Balaban J connectivity index is 2.09. The third-order valence-electron chi connectivity index (χ3n) is 4.20. The van der Waals surface area contributed by atoms with Crippen LogP contribution in [0.15, 0.2) is 24.5 Å². The summed E-state index contributed by atoms with van der Waals surface area (Å²) < 4.78 is 0. The second-order valence-electron chi connectivity index (χ2n) is 5.71. The van der Waals surface area contributed by atoms with Gasteiger partial charge in [-0.05, 0) is 49.4 Å². The zero-order chi connectivity index (χ0) is 13.1. The molecule has 1 saturated carbocycles. The highest BCUT2D eigenvalue weighted by atomic mass is 15.2. The first-order valence-electron chi connectivity index (χ1n) is 6.99. The van der Waals surface area contributed by atoms with E-state index in [1.807, 2.05) is 12.4 Å². The maximum absolute atomic E-state index is 6.32. The minimum Gasteiger partial charge on any atom is -0.326 e. The van der Waals surface area contributed by atoms with E-state index in [4.69, 9.17) is 5.73 Å². The van der Waals surface area contributed by atoms with Gasteiger partial charge in [-0.25, -0.2) is 0 Å². The van der Waals surface area contributed by atoms with Crippen molar-refractivity contribution in [1.82, 2.24) is 9.88 Å². The van der Waals surface area contributed by atoms with Crippen molar-refractivity contribution < 1.29 is 0 Å². The van der Waals surface area contributed by atoms with Gasteiger partial charge in [0, 0.05) is 31.0 Å². The molecule has 4 unspecified atom stereocenters. The Bertz CT molecular complexity index is 365. The van der Waals surface area contributed by atoms with Crippen molar-refractivity contribution in [3.8, 4) is 0 Å². The highest BCUT2D eigenvalue weighted by molar-refractivity contribution is 5.17. The lowest BCUT2D eigenvalue weighted by Gasteiger charge is -2.33. The number of aromatic nitrogens is 1. The molecule has 100 valence electrons. The van der Waals surface area contributed by atoms with Crippen LogP contribution in [-0.2, 0) is 0 Å². The molecule has 1 aliphatic rings. The first-order valence-corrected chi connectivity index (χ1v) is 6.99. The Hall–Kier alpha value is -0.930. The standard InChI is InChI=1S/C15H25N3/c1-4-14(16)15(12-5-7-17-8-6-12)18(3)10-13-9-11(13)2/h5-8,11,13-15H,4,9-10,16H2,1-3H3. The van der Waals surface area contributed by atoms with Crippen LogP contribution in [0.2, 0.25) is 0 Å². The molecular formula is C15H25N3. The molecule has 4 atom stereocenters. The van der Waals surface area contributed by atoms with Gasteiger partial charge in [-0.2, -0.15) is 0 Å². The Morgan fingerprint density at radius 2 is 2.06 bits per heavy atom. The molecule has 0 amide bonds. The number of likely N-dealkylation sites (N-methyl/N-ethyl adjacent to an activating group) is 1. The fourth-order valence-electron chi connectivity index (χ4n) is 2.75. The molecular weight excluding hydrogens is 222 g/mol. The van der Waals surface area contributed by atoms with E-state index in [-0.39, 0.29) is 6.04 Å². The van der Waals surface area contributed by atoms with Gasteiger partial charge in [0.25, 0.3) is 0 Å².